The standard InChI is InChI=1S/C24H19N3O4/c28-16-7-5-6-15(14-16)25-21(29)12-13-26-22-17-8-1-2-9-18(17)24(31)27(22)20-11-4-3-10-19(20)23(26)30/h1-11,14,22,28H,12-13H2,(H,25,29)/t22-/m1/s1. The second kappa shape index (κ2) is 7.28. The summed E-state index contributed by atoms with van der Waals surface area (Å²) in [5.41, 5.74) is 2.81. The first kappa shape index (κ1) is 18.9. The van der Waals surface area contributed by atoms with Crippen LogP contribution in [0.5, 0.6) is 5.75 Å². The van der Waals surface area contributed by atoms with Gasteiger partial charge in [0.2, 0.25) is 5.91 Å². The Hall–Kier alpha value is -4.13. The Morgan fingerprint density at radius 2 is 1.65 bits per heavy atom. The van der Waals surface area contributed by atoms with Gasteiger partial charge in [0.05, 0.1) is 11.3 Å². The molecule has 0 unspecified atom stereocenters. The summed E-state index contributed by atoms with van der Waals surface area (Å²) in [6, 6.07) is 20.6. The van der Waals surface area contributed by atoms with E-state index in [1.54, 1.807) is 58.3 Å². The molecule has 1 atom stereocenters. The number of hydrogen-bond donors (Lipinski definition) is 2. The summed E-state index contributed by atoms with van der Waals surface area (Å²) in [6.07, 6.45) is -0.538. The molecule has 0 aliphatic carbocycles. The van der Waals surface area contributed by atoms with Gasteiger partial charge in [0, 0.05) is 35.8 Å². The highest BCUT2D eigenvalue weighted by Crippen LogP contribution is 2.45. The van der Waals surface area contributed by atoms with Gasteiger partial charge in [-0.15, -0.1) is 0 Å². The summed E-state index contributed by atoms with van der Waals surface area (Å²) in [6.45, 7) is 0.139. The van der Waals surface area contributed by atoms with Crippen LogP contribution in [0.15, 0.2) is 72.8 Å². The van der Waals surface area contributed by atoms with Crippen LogP contribution in [0.25, 0.3) is 0 Å². The summed E-state index contributed by atoms with van der Waals surface area (Å²) in [5.74, 6) is -0.611. The number of phenolic OH excluding ortho intramolecular Hbond substituents is 1. The summed E-state index contributed by atoms with van der Waals surface area (Å²) < 4.78 is 0. The Balaban J connectivity index is 1.44. The van der Waals surface area contributed by atoms with Crippen LogP contribution in [-0.4, -0.2) is 34.3 Å². The highest BCUT2D eigenvalue weighted by Gasteiger charge is 2.47. The minimum Gasteiger partial charge on any atom is -0.508 e. The van der Waals surface area contributed by atoms with E-state index in [0.29, 0.717) is 22.5 Å². The molecule has 2 aliphatic rings. The summed E-state index contributed by atoms with van der Waals surface area (Å²) >= 11 is 0. The van der Waals surface area contributed by atoms with E-state index >= 15 is 0 Å². The van der Waals surface area contributed by atoms with Crippen LogP contribution in [-0.2, 0) is 4.79 Å². The van der Waals surface area contributed by atoms with Gasteiger partial charge in [-0.3, -0.25) is 19.3 Å². The van der Waals surface area contributed by atoms with Gasteiger partial charge in [0.1, 0.15) is 11.9 Å². The molecule has 0 saturated carbocycles. The maximum atomic E-state index is 13.3. The first-order chi connectivity index (χ1) is 15.0. The molecule has 31 heavy (non-hydrogen) atoms. The van der Waals surface area contributed by atoms with E-state index in [4.69, 9.17) is 0 Å². The summed E-state index contributed by atoms with van der Waals surface area (Å²) in [5, 5.41) is 12.3. The van der Waals surface area contributed by atoms with Gasteiger partial charge in [-0.2, -0.15) is 0 Å². The number of nitrogens with one attached hydrogen (secondary N) is 1. The molecule has 0 spiro atoms. The average Bonchev–Trinajstić information content (AvgIpc) is 3.07. The molecule has 7 heteroatoms. The Bertz CT molecular complexity index is 1220. The van der Waals surface area contributed by atoms with Crippen molar-refractivity contribution in [2.75, 3.05) is 16.8 Å². The van der Waals surface area contributed by atoms with Gasteiger partial charge in [0.15, 0.2) is 0 Å². The predicted octanol–water partition coefficient (Wildman–Crippen LogP) is 3.54. The van der Waals surface area contributed by atoms with Crippen molar-refractivity contribution in [2.45, 2.75) is 12.6 Å². The van der Waals surface area contributed by atoms with Crippen molar-refractivity contribution in [1.82, 2.24) is 4.90 Å². The lowest BCUT2D eigenvalue weighted by Crippen LogP contribution is -2.48. The zero-order valence-electron chi connectivity index (χ0n) is 16.5. The largest absolute Gasteiger partial charge is 0.508 e. The first-order valence-corrected chi connectivity index (χ1v) is 9.96. The topological polar surface area (TPSA) is 90.0 Å². The van der Waals surface area contributed by atoms with E-state index in [-0.39, 0.29) is 36.4 Å². The van der Waals surface area contributed by atoms with Crippen LogP contribution >= 0.6 is 0 Å². The number of hydrogen-bond acceptors (Lipinski definition) is 4. The third kappa shape index (κ3) is 3.11. The lowest BCUT2D eigenvalue weighted by atomic mass is 10.0. The smallest absolute Gasteiger partial charge is 0.260 e. The normalized spacial score (nSPS) is 16.6. The van der Waals surface area contributed by atoms with Crippen molar-refractivity contribution < 1.29 is 19.5 Å². The Kier molecular flexibility index (Phi) is 4.43. The number of carbonyl (C=O) groups excluding carboxylic acids is 3. The molecular weight excluding hydrogens is 394 g/mol. The van der Waals surface area contributed by atoms with Crippen LogP contribution in [0.2, 0.25) is 0 Å². The van der Waals surface area contributed by atoms with Crippen molar-refractivity contribution in [3.8, 4) is 5.75 Å². The number of benzene rings is 3. The monoisotopic (exact) mass is 413 g/mol. The van der Waals surface area contributed by atoms with E-state index in [0.717, 1.165) is 5.56 Å². The van der Waals surface area contributed by atoms with E-state index < -0.39 is 6.17 Å². The maximum absolute atomic E-state index is 13.3. The molecule has 3 aromatic carbocycles. The van der Waals surface area contributed by atoms with E-state index in [1.807, 2.05) is 12.1 Å². The molecule has 2 N–H and O–H groups in total. The fourth-order valence-electron chi connectivity index (χ4n) is 4.23. The molecule has 3 aromatic rings. The number of aromatic hydroxyl groups is 1. The molecule has 2 heterocycles. The van der Waals surface area contributed by atoms with Crippen molar-refractivity contribution >= 4 is 29.1 Å². The lowest BCUT2D eigenvalue weighted by molar-refractivity contribution is -0.116. The highest BCUT2D eigenvalue weighted by molar-refractivity contribution is 6.16. The summed E-state index contributed by atoms with van der Waals surface area (Å²) in [7, 11) is 0. The van der Waals surface area contributed by atoms with E-state index in [9.17, 15) is 19.5 Å². The molecule has 0 radical (unpaired) electrons. The van der Waals surface area contributed by atoms with Crippen molar-refractivity contribution in [1.29, 1.82) is 0 Å². The van der Waals surface area contributed by atoms with Gasteiger partial charge >= 0.3 is 0 Å². The zero-order chi connectivity index (χ0) is 21.5. The van der Waals surface area contributed by atoms with E-state index in [2.05, 4.69) is 5.32 Å². The van der Waals surface area contributed by atoms with Gasteiger partial charge in [0.25, 0.3) is 11.8 Å². The van der Waals surface area contributed by atoms with Crippen molar-refractivity contribution in [2.24, 2.45) is 0 Å². The number of fused-ring (bicyclic) bond motifs is 5. The SMILES string of the molecule is O=C(CCN1C(=O)c2ccccc2N2C(=O)c3ccccc3[C@H]12)Nc1cccc(O)c1. The molecule has 7 nitrogen and oxygen atoms in total. The molecule has 0 saturated heterocycles. The molecule has 0 fully saturated rings. The van der Waals surface area contributed by atoms with Gasteiger partial charge in [-0.05, 0) is 30.3 Å². The molecule has 2 aliphatic heterocycles. The molecule has 3 amide bonds. The molecule has 0 bridgehead atoms. The van der Waals surface area contributed by atoms with Crippen LogP contribution in [0.3, 0.4) is 0 Å². The Morgan fingerprint density at radius 3 is 2.45 bits per heavy atom. The molecule has 0 aromatic heterocycles. The highest BCUT2D eigenvalue weighted by atomic mass is 16.3. The minimum atomic E-state index is -0.584. The Labute approximate surface area is 178 Å². The second-order valence-corrected chi connectivity index (χ2v) is 7.50. The fraction of sp³-hybridized carbons (Fsp3) is 0.125. The average molecular weight is 413 g/mol. The van der Waals surface area contributed by atoms with Crippen molar-refractivity contribution in [3.63, 3.8) is 0 Å². The molecular formula is C24H19N3O4. The number of nitrogens with zero attached hydrogens (tertiary/aromatic N) is 2. The van der Waals surface area contributed by atoms with Crippen LogP contribution in [0.4, 0.5) is 11.4 Å². The fourth-order valence-corrected chi connectivity index (χ4v) is 4.23. The third-order valence-corrected chi connectivity index (χ3v) is 5.59. The van der Waals surface area contributed by atoms with Crippen LogP contribution in [0.1, 0.15) is 38.9 Å². The van der Waals surface area contributed by atoms with Gasteiger partial charge in [-0.1, -0.05) is 36.4 Å². The number of phenols is 1. The number of carbonyl (C=O) groups is 3. The number of amides is 3. The van der Waals surface area contributed by atoms with Gasteiger partial charge < -0.3 is 15.3 Å². The molecule has 5 rings (SSSR count). The summed E-state index contributed by atoms with van der Waals surface area (Å²) in [4.78, 5) is 42.2. The maximum Gasteiger partial charge on any atom is 0.260 e. The quantitative estimate of drug-likeness (QED) is 0.685. The minimum absolute atomic E-state index is 0.0459. The van der Waals surface area contributed by atoms with Crippen LogP contribution in [0, 0.1) is 0 Å². The lowest BCUT2D eigenvalue weighted by Gasteiger charge is -2.40. The molecule has 154 valence electrons. The second-order valence-electron chi connectivity index (χ2n) is 7.50. The first-order valence-electron chi connectivity index (χ1n) is 9.96. The Morgan fingerprint density at radius 1 is 0.903 bits per heavy atom. The number of para-hydroxylation sites is 1. The van der Waals surface area contributed by atoms with Crippen LogP contribution < -0.4 is 10.2 Å². The van der Waals surface area contributed by atoms with E-state index in [1.165, 1.54) is 12.1 Å². The number of rotatable bonds is 4. The van der Waals surface area contributed by atoms with Gasteiger partial charge in [-0.25, -0.2) is 0 Å². The zero-order valence-corrected chi connectivity index (χ0v) is 16.5. The predicted molar refractivity (Wildman–Crippen MR) is 115 cm³/mol. The third-order valence-electron chi connectivity index (χ3n) is 5.59. The number of anilines is 2. The van der Waals surface area contributed by atoms with Crippen molar-refractivity contribution in [3.05, 3.63) is 89.5 Å².